The van der Waals surface area contributed by atoms with Crippen molar-refractivity contribution < 1.29 is 4.39 Å². The van der Waals surface area contributed by atoms with E-state index in [-0.39, 0.29) is 5.82 Å². The smallest absolute Gasteiger partial charge is 0.191 e. The van der Waals surface area contributed by atoms with Crippen LogP contribution in [0.4, 0.5) is 4.39 Å². The minimum Gasteiger partial charge on any atom is -0.357 e. The second kappa shape index (κ2) is 9.25. The fourth-order valence-electron chi connectivity index (χ4n) is 2.04. The lowest BCUT2D eigenvalue weighted by Crippen LogP contribution is -2.38. The van der Waals surface area contributed by atoms with Crippen LogP contribution in [0.1, 0.15) is 18.2 Å². The molecule has 0 aliphatic carbocycles. The van der Waals surface area contributed by atoms with Crippen LogP contribution in [0.3, 0.4) is 0 Å². The molecule has 4 nitrogen and oxygen atoms in total. The highest BCUT2D eigenvalue weighted by Crippen LogP contribution is 2.15. The van der Waals surface area contributed by atoms with E-state index >= 15 is 0 Å². The Labute approximate surface area is 144 Å². The molecule has 1 aromatic carbocycles. The fourth-order valence-corrected chi connectivity index (χ4v) is 2.45. The maximum Gasteiger partial charge on any atom is 0.191 e. The SMILES string of the molecule is CCNC(=NCc1ccccn1)NCCc1cc(Br)ccc1F. The third-order valence-corrected chi connectivity index (χ3v) is 3.66. The minimum atomic E-state index is -0.189. The quantitative estimate of drug-likeness (QED) is 0.598. The Kier molecular flexibility index (Phi) is 7.00. The van der Waals surface area contributed by atoms with Crippen LogP contribution in [0.15, 0.2) is 52.1 Å². The Morgan fingerprint density at radius 3 is 2.87 bits per heavy atom. The van der Waals surface area contributed by atoms with Gasteiger partial charge in [0.05, 0.1) is 12.2 Å². The third kappa shape index (κ3) is 5.98. The zero-order chi connectivity index (χ0) is 16.5. The highest BCUT2D eigenvalue weighted by atomic mass is 79.9. The lowest BCUT2D eigenvalue weighted by Gasteiger charge is -2.11. The van der Waals surface area contributed by atoms with E-state index in [4.69, 9.17) is 0 Å². The van der Waals surface area contributed by atoms with Gasteiger partial charge in [0.2, 0.25) is 0 Å². The first kappa shape index (κ1) is 17.4. The van der Waals surface area contributed by atoms with E-state index in [1.54, 1.807) is 18.3 Å². The van der Waals surface area contributed by atoms with Gasteiger partial charge in [0.25, 0.3) is 0 Å². The summed E-state index contributed by atoms with van der Waals surface area (Å²) < 4.78 is 14.6. The van der Waals surface area contributed by atoms with Crippen molar-refractivity contribution in [2.45, 2.75) is 19.9 Å². The molecule has 0 fully saturated rings. The molecular formula is C17H20BrFN4. The first-order valence-corrected chi connectivity index (χ1v) is 8.34. The van der Waals surface area contributed by atoms with Crippen molar-refractivity contribution in [2.24, 2.45) is 4.99 Å². The lowest BCUT2D eigenvalue weighted by atomic mass is 10.1. The summed E-state index contributed by atoms with van der Waals surface area (Å²) in [5.74, 6) is 0.513. The van der Waals surface area contributed by atoms with Crippen molar-refractivity contribution in [2.75, 3.05) is 13.1 Å². The van der Waals surface area contributed by atoms with Crippen molar-refractivity contribution in [3.8, 4) is 0 Å². The molecule has 0 aliphatic heterocycles. The number of benzene rings is 1. The molecule has 2 aromatic rings. The van der Waals surface area contributed by atoms with Gasteiger partial charge in [-0.2, -0.15) is 0 Å². The predicted octanol–water partition coefficient (Wildman–Crippen LogP) is 3.28. The number of pyridine rings is 1. The molecule has 0 amide bonds. The molecule has 0 unspecified atom stereocenters. The summed E-state index contributed by atoms with van der Waals surface area (Å²) in [6, 6.07) is 10.7. The molecule has 0 radical (unpaired) electrons. The van der Waals surface area contributed by atoms with Crippen LogP contribution in [0.5, 0.6) is 0 Å². The van der Waals surface area contributed by atoms with Gasteiger partial charge in [0, 0.05) is 23.8 Å². The van der Waals surface area contributed by atoms with Gasteiger partial charge in [-0.1, -0.05) is 22.0 Å². The Balaban J connectivity index is 1.90. The summed E-state index contributed by atoms with van der Waals surface area (Å²) in [7, 11) is 0. The molecule has 0 spiro atoms. The van der Waals surface area contributed by atoms with Crippen LogP contribution in [-0.4, -0.2) is 24.0 Å². The molecule has 0 saturated carbocycles. The number of guanidine groups is 1. The molecule has 1 heterocycles. The zero-order valence-electron chi connectivity index (χ0n) is 13.0. The maximum atomic E-state index is 13.7. The molecule has 0 aliphatic rings. The normalized spacial score (nSPS) is 11.3. The van der Waals surface area contributed by atoms with E-state index < -0.39 is 0 Å². The molecule has 23 heavy (non-hydrogen) atoms. The number of hydrogen-bond acceptors (Lipinski definition) is 2. The second-order valence-electron chi connectivity index (χ2n) is 4.93. The summed E-state index contributed by atoms with van der Waals surface area (Å²) in [5.41, 5.74) is 1.58. The highest BCUT2D eigenvalue weighted by molar-refractivity contribution is 9.10. The van der Waals surface area contributed by atoms with Crippen LogP contribution in [0.25, 0.3) is 0 Å². The van der Waals surface area contributed by atoms with E-state index in [9.17, 15) is 4.39 Å². The highest BCUT2D eigenvalue weighted by Gasteiger charge is 2.04. The van der Waals surface area contributed by atoms with Crippen LogP contribution in [0, 0.1) is 5.82 Å². The summed E-state index contributed by atoms with van der Waals surface area (Å²) in [6.45, 7) is 3.87. The lowest BCUT2D eigenvalue weighted by molar-refractivity contribution is 0.606. The van der Waals surface area contributed by atoms with Gasteiger partial charge in [0.1, 0.15) is 5.82 Å². The summed E-state index contributed by atoms with van der Waals surface area (Å²) >= 11 is 3.36. The average molecular weight is 379 g/mol. The standard InChI is InChI=1S/C17H20BrFN4/c1-2-20-17(23-12-15-5-3-4-9-21-15)22-10-8-13-11-14(18)6-7-16(13)19/h3-7,9,11H,2,8,10,12H2,1H3,(H2,20,22,23). The number of hydrogen-bond donors (Lipinski definition) is 2. The monoisotopic (exact) mass is 378 g/mol. The van der Waals surface area contributed by atoms with Gasteiger partial charge in [-0.15, -0.1) is 0 Å². The van der Waals surface area contributed by atoms with Gasteiger partial charge >= 0.3 is 0 Å². The Morgan fingerprint density at radius 1 is 1.26 bits per heavy atom. The molecule has 6 heteroatoms. The maximum absolute atomic E-state index is 13.7. The Bertz CT molecular complexity index is 646. The average Bonchev–Trinajstić information content (AvgIpc) is 2.56. The van der Waals surface area contributed by atoms with E-state index in [1.807, 2.05) is 25.1 Å². The first-order chi connectivity index (χ1) is 11.2. The van der Waals surface area contributed by atoms with E-state index in [0.717, 1.165) is 16.7 Å². The number of halogens is 2. The van der Waals surface area contributed by atoms with E-state index in [0.29, 0.717) is 31.0 Å². The summed E-state index contributed by atoms with van der Waals surface area (Å²) in [5, 5.41) is 6.39. The van der Waals surface area contributed by atoms with Crippen molar-refractivity contribution in [3.63, 3.8) is 0 Å². The second-order valence-corrected chi connectivity index (χ2v) is 5.84. The number of aromatic nitrogens is 1. The van der Waals surface area contributed by atoms with Crippen LogP contribution in [0.2, 0.25) is 0 Å². The van der Waals surface area contributed by atoms with Crippen molar-refractivity contribution in [3.05, 3.63) is 64.1 Å². The number of nitrogens with one attached hydrogen (secondary N) is 2. The molecule has 122 valence electrons. The van der Waals surface area contributed by atoms with E-state index in [2.05, 4.69) is 36.5 Å². The topological polar surface area (TPSA) is 49.3 Å². The van der Waals surface area contributed by atoms with Gasteiger partial charge in [-0.25, -0.2) is 9.38 Å². The van der Waals surface area contributed by atoms with Gasteiger partial charge < -0.3 is 10.6 Å². The van der Waals surface area contributed by atoms with Crippen molar-refractivity contribution >= 4 is 21.9 Å². The predicted molar refractivity (Wildman–Crippen MR) is 94.9 cm³/mol. The first-order valence-electron chi connectivity index (χ1n) is 7.55. The van der Waals surface area contributed by atoms with Crippen molar-refractivity contribution in [1.29, 1.82) is 0 Å². The molecule has 0 saturated heterocycles. The summed E-state index contributed by atoms with van der Waals surface area (Å²) in [6.07, 6.45) is 2.33. The minimum absolute atomic E-state index is 0.189. The fraction of sp³-hybridized carbons (Fsp3) is 0.294. The molecule has 2 N–H and O–H groups in total. The molecule has 2 rings (SSSR count). The summed E-state index contributed by atoms with van der Waals surface area (Å²) in [4.78, 5) is 8.73. The molecule has 1 aromatic heterocycles. The Hall–Kier alpha value is -1.95. The Morgan fingerprint density at radius 2 is 2.13 bits per heavy atom. The molecular weight excluding hydrogens is 359 g/mol. The van der Waals surface area contributed by atoms with Crippen molar-refractivity contribution in [1.82, 2.24) is 15.6 Å². The largest absolute Gasteiger partial charge is 0.357 e. The number of aliphatic imine (C=N–C) groups is 1. The zero-order valence-corrected chi connectivity index (χ0v) is 14.6. The van der Waals surface area contributed by atoms with Gasteiger partial charge in [-0.3, -0.25) is 4.98 Å². The van der Waals surface area contributed by atoms with Gasteiger partial charge in [0.15, 0.2) is 5.96 Å². The molecule has 0 atom stereocenters. The van der Waals surface area contributed by atoms with E-state index in [1.165, 1.54) is 6.07 Å². The van der Waals surface area contributed by atoms with Crippen LogP contribution >= 0.6 is 15.9 Å². The number of nitrogens with zero attached hydrogens (tertiary/aromatic N) is 2. The third-order valence-electron chi connectivity index (χ3n) is 3.16. The number of rotatable bonds is 6. The van der Waals surface area contributed by atoms with Crippen LogP contribution < -0.4 is 10.6 Å². The van der Waals surface area contributed by atoms with Crippen LogP contribution in [-0.2, 0) is 13.0 Å². The molecule has 0 bridgehead atoms. The van der Waals surface area contributed by atoms with Gasteiger partial charge in [-0.05, 0) is 49.2 Å².